The van der Waals surface area contributed by atoms with Gasteiger partial charge >= 0.3 is 0 Å². The fourth-order valence-electron chi connectivity index (χ4n) is 2.45. The SMILES string of the molecule is Fc1cc2nc(CCNCC3CCCO3)[nH]c2cc1F. The summed E-state index contributed by atoms with van der Waals surface area (Å²) in [6.45, 7) is 2.45. The minimum atomic E-state index is -0.868. The van der Waals surface area contributed by atoms with Crippen LogP contribution in [0.3, 0.4) is 0 Å². The maximum atomic E-state index is 13.1. The molecule has 2 N–H and O–H groups in total. The second-order valence-electron chi connectivity index (χ2n) is 5.06. The molecule has 0 amide bonds. The second-order valence-corrected chi connectivity index (χ2v) is 5.06. The first-order chi connectivity index (χ1) is 9.72. The summed E-state index contributed by atoms with van der Waals surface area (Å²) in [4.78, 5) is 7.25. The molecule has 0 saturated carbocycles. The lowest BCUT2D eigenvalue weighted by Gasteiger charge is -2.09. The summed E-state index contributed by atoms with van der Waals surface area (Å²) in [6.07, 6.45) is 3.24. The van der Waals surface area contributed by atoms with Crippen LogP contribution in [0.5, 0.6) is 0 Å². The lowest BCUT2D eigenvalue weighted by Crippen LogP contribution is -2.28. The summed E-state index contributed by atoms with van der Waals surface area (Å²) in [5.74, 6) is -0.999. The molecule has 1 aliphatic rings. The Kier molecular flexibility index (Phi) is 3.93. The summed E-state index contributed by atoms with van der Waals surface area (Å²) in [5, 5.41) is 3.31. The highest BCUT2D eigenvalue weighted by Gasteiger charge is 2.14. The van der Waals surface area contributed by atoms with Gasteiger partial charge in [-0.2, -0.15) is 0 Å². The smallest absolute Gasteiger partial charge is 0.161 e. The van der Waals surface area contributed by atoms with Crippen molar-refractivity contribution in [3.8, 4) is 0 Å². The Morgan fingerprint density at radius 1 is 1.35 bits per heavy atom. The fourth-order valence-corrected chi connectivity index (χ4v) is 2.45. The standard InChI is InChI=1S/C14H17F2N3O/c15-10-6-12-13(7-11(10)16)19-14(18-12)3-4-17-8-9-2-1-5-20-9/h6-7,9,17H,1-5,8H2,(H,18,19). The maximum absolute atomic E-state index is 13.1. The van der Waals surface area contributed by atoms with E-state index < -0.39 is 11.6 Å². The van der Waals surface area contributed by atoms with E-state index in [0.29, 0.717) is 23.6 Å². The van der Waals surface area contributed by atoms with Gasteiger partial charge in [-0.1, -0.05) is 0 Å². The van der Waals surface area contributed by atoms with Crippen LogP contribution in [0, 0.1) is 11.6 Å². The molecule has 1 fully saturated rings. The molecular weight excluding hydrogens is 264 g/mol. The van der Waals surface area contributed by atoms with Crippen molar-refractivity contribution in [2.75, 3.05) is 19.7 Å². The number of nitrogens with one attached hydrogen (secondary N) is 2. The number of nitrogens with zero attached hydrogens (tertiary/aromatic N) is 1. The van der Waals surface area contributed by atoms with Gasteiger partial charge in [-0.25, -0.2) is 13.8 Å². The van der Waals surface area contributed by atoms with Crippen LogP contribution >= 0.6 is 0 Å². The average Bonchev–Trinajstić information content (AvgIpc) is 3.05. The van der Waals surface area contributed by atoms with Crippen LogP contribution in [0.25, 0.3) is 11.0 Å². The molecule has 1 saturated heterocycles. The van der Waals surface area contributed by atoms with Gasteiger partial charge in [-0.15, -0.1) is 0 Å². The summed E-state index contributed by atoms with van der Waals surface area (Å²) in [7, 11) is 0. The third-order valence-electron chi connectivity index (χ3n) is 3.51. The van der Waals surface area contributed by atoms with Crippen LogP contribution in [0.2, 0.25) is 0 Å². The Balaban J connectivity index is 1.54. The molecule has 0 aliphatic carbocycles. The minimum absolute atomic E-state index is 0.314. The number of imidazole rings is 1. The maximum Gasteiger partial charge on any atom is 0.161 e. The molecule has 0 radical (unpaired) electrons. The van der Waals surface area contributed by atoms with Gasteiger partial charge in [0.05, 0.1) is 17.1 Å². The van der Waals surface area contributed by atoms with Crippen molar-refractivity contribution in [3.63, 3.8) is 0 Å². The van der Waals surface area contributed by atoms with Crippen molar-refractivity contribution in [2.45, 2.75) is 25.4 Å². The normalized spacial score (nSPS) is 19.0. The molecule has 108 valence electrons. The van der Waals surface area contributed by atoms with Crippen molar-refractivity contribution >= 4 is 11.0 Å². The Labute approximate surface area is 115 Å². The first-order valence-electron chi connectivity index (χ1n) is 6.88. The van der Waals surface area contributed by atoms with Crippen molar-refractivity contribution in [2.24, 2.45) is 0 Å². The topological polar surface area (TPSA) is 49.9 Å². The molecule has 1 atom stereocenters. The van der Waals surface area contributed by atoms with E-state index in [-0.39, 0.29) is 0 Å². The molecule has 0 spiro atoms. The highest BCUT2D eigenvalue weighted by atomic mass is 19.2. The molecule has 1 aliphatic heterocycles. The van der Waals surface area contributed by atoms with Gasteiger partial charge in [0.2, 0.25) is 0 Å². The van der Waals surface area contributed by atoms with Gasteiger partial charge in [0.1, 0.15) is 5.82 Å². The number of hydrogen-bond acceptors (Lipinski definition) is 3. The molecule has 2 aromatic rings. The van der Waals surface area contributed by atoms with E-state index >= 15 is 0 Å². The zero-order chi connectivity index (χ0) is 13.9. The average molecular weight is 281 g/mol. The monoisotopic (exact) mass is 281 g/mol. The van der Waals surface area contributed by atoms with Crippen LogP contribution in [0.15, 0.2) is 12.1 Å². The molecular formula is C14H17F2N3O. The lowest BCUT2D eigenvalue weighted by atomic mass is 10.2. The predicted molar refractivity (Wildman–Crippen MR) is 71.6 cm³/mol. The van der Waals surface area contributed by atoms with E-state index in [1.165, 1.54) is 0 Å². The van der Waals surface area contributed by atoms with Crippen LogP contribution in [0.1, 0.15) is 18.7 Å². The largest absolute Gasteiger partial charge is 0.377 e. The van der Waals surface area contributed by atoms with Gasteiger partial charge in [0.15, 0.2) is 11.6 Å². The van der Waals surface area contributed by atoms with Gasteiger partial charge in [0, 0.05) is 38.2 Å². The first kappa shape index (κ1) is 13.5. The third kappa shape index (κ3) is 2.96. The van der Waals surface area contributed by atoms with Crippen LogP contribution in [-0.4, -0.2) is 35.8 Å². The molecule has 1 unspecified atom stereocenters. The molecule has 3 rings (SSSR count). The van der Waals surface area contributed by atoms with Crippen molar-refractivity contribution in [1.29, 1.82) is 0 Å². The number of hydrogen-bond donors (Lipinski definition) is 2. The third-order valence-corrected chi connectivity index (χ3v) is 3.51. The second kappa shape index (κ2) is 5.85. The van der Waals surface area contributed by atoms with E-state index in [1.807, 2.05) is 0 Å². The molecule has 20 heavy (non-hydrogen) atoms. The molecule has 2 heterocycles. The Morgan fingerprint density at radius 3 is 3.00 bits per heavy atom. The predicted octanol–water partition coefficient (Wildman–Crippen LogP) is 2.15. The van der Waals surface area contributed by atoms with Crippen LogP contribution in [-0.2, 0) is 11.2 Å². The molecule has 4 nitrogen and oxygen atoms in total. The van der Waals surface area contributed by atoms with E-state index in [1.54, 1.807) is 0 Å². The lowest BCUT2D eigenvalue weighted by molar-refractivity contribution is 0.110. The number of halogens is 2. The van der Waals surface area contributed by atoms with Crippen LogP contribution in [0.4, 0.5) is 8.78 Å². The minimum Gasteiger partial charge on any atom is -0.377 e. The van der Waals surface area contributed by atoms with E-state index in [0.717, 1.165) is 50.5 Å². The van der Waals surface area contributed by atoms with Crippen molar-refractivity contribution < 1.29 is 13.5 Å². The zero-order valence-corrected chi connectivity index (χ0v) is 11.1. The van der Waals surface area contributed by atoms with Crippen LogP contribution < -0.4 is 5.32 Å². The van der Waals surface area contributed by atoms with Crippen molar-refractivity contribution in [3.05, 3.63) is 29.6 Å². The summed E-state index contributed by atoms with van der Waals surface area (Å²) >= 11 is 0. The summed E-state index contributed by atoms with van der Waals surface area (Å²) < 4.78 is 31.7. The highest BCUT2D eigenvalue weighted by Crippen LogP contribution is 2.16. The van der Waals surface area contributed by atoms with Gasteiger partial charge in [0.25, 0.3) is 0 Å². The number of aromatic amines is 1. The Hall–Kier alpha value is -1.53. The number of fused-ring (bicyclic) bond motifs is 1. The number of benzene rings is 1. The van der Waals surface area contributed by atoms with Gasteiger partial charge in [-0.05, 0) is 12.8 Å². The van der Waals surface area contributed by atoms with E-state index in [4.69, 9.17) is 4.74 Å². The Morgan fingerprint density at radius 2 is 2.20 bits per heavy atom. The molecule has 6 heteroatoms. The number of H-pyrrole nitrogens is 1. The van der Waals surface area contributed by atoms with Gasteiger partial charge in [-0.3, -0.25) is 0 Å². The van der Waals surface area contributed by atoms with E-state index in [9.17, 15) is 8.78 Å². The highest BCUT2D eigenvalue weighted by molar-refractivity contribution is 5.75. The number of ether oxygens (including phenoxy) is 1. The summed E-state index contributed by atoms with van der Waals surface area (Å²) in [6, 6.07) is 2.26. The first-order valence-corrected chi connectivity index (χ1v) is 6.88. The molecule has 1 aromatic heterocycles. The van der Waals surface area contributed by atoms with Gasteiger partial charge < -0.3 is 15.0 Å². The quantitative estimate of drug-likeness (QED) is 0.826. The van der Waals surface area contributed by atoms with E-state index in [2.05, 4.69) is 15.3 Å². The summed E-state index contributed by atoms with van der Waals surface area (Å²) in [5.41, 5.74) is 0.982. The molecule has 0 bridgehead atoms. The molecule has 1 aromatic carbocycles. The fraction of sp³-hybridized carbons (Fsp3) is 0.500. The number of aromatic nitrogens is 2. The van der Waals surface area contributed by atoms with Crippen molar-refractivity contribution in [1.82, 2.24) is 15.3 Å². The number of rotatable bonds is 5. The zero-order valence-electron chi connectivity index (χ0n) is 11.1. The Bertz CT molecular complexity index is 554.